The number of nitrogens with zero attached hydrogens (tertiary/aromatic N) is 1. The maximum Gasteiger partial charge on any atom is 0.239 e. The molecule has 1 unspecified atom stereocenters. The van der Waals surface area contributed by atoms with Crippen LogP contribution in [0.25, 0.3) is 10.9 Å². The Morgan fingerprint density at radius 3 is 2.67 bits per heavy atom. The Bertz CT molecular complexity index is 908. The predicted octanol–water partition coefficient (Wildman–Crippen LogP) is 2.20. The number of benzene rings is 1. The van der Waals surface area contributed by atoms with Crippen molar-refractivity contribution in [1.82, 2.24) is 9.88 Å². The second-order valence-corrected chi connectivity index (χ2v) is 9.32. The summed E-state index contributed by atoms with van der Waals surface area (Å²) < 4.78 is 35.8. The molecule has 1 amide bonds. The molecule has 9 heteroatoms. The van der Waals surface area contributed by atoms with E-state index in [4.69, 9.17) is 5.73 Å². The molecule has 3 rings (SSSR count). The molecule has 3 N–H and O–H groups in total. The summed E-state index contributed by atoms with van der Waals surface area (Å²) >= 11 is 0. The molecule has 1 aromatic carbocycles. The van der Waals surface area contributed by atoms with Gasteiger partial charge in [0.15, 0.2) is 0 Å². The van der Waals surface area contributed by atoms with E-state index in [0.29, 0.717) is 19.0 Å². The number of carbonyl (C=O) groups is 1. The average Bonchev–Trinajstić information content (AvgIpc) is 3.01. The molecular weight excluding hydrogens is 393 g/mol. The molecule has 0 spiro atoms. The number of rotatable bonds is 5. The number of aromatic amines is 1. The molecule has 1 saturated heterocycles. The Morgan fingerprint density at radius 2 is 2.04 bits per heavy atom. The van der Waals surface area contributed by atoms with Crippen LogP contribution < -0.4 is 5.73 Å². The topological polar surface area (TPSA) is 96.3 Å². The lowest BCUT2D eigenvalue weighted by atomic mass is 9.89. The van der Waals surface area contributed by atoms with E-state index in [1.807, 2.05) is 6.20 Å². The van der Waals surface area contributed by atoms with Gasteiger partial charge in [-0.1, -0.05) is 0 Å². The lowest BCUT2D eigenvalue weighted by Gasteiger charge is -2.33. The first-order valence-corrected chi connectivity index (χ1v) is 10.8. The van der Waals surface area contributed by atoms with Crippen LogP contribution >= 0.6 is 12.4 Å². The highest BCUT2D eigenvalue weighted by Gasteiger charge is 2.28. The van der Waals surface area contributed by atoms with Gasteiger partial charge in [-0.25, -0.2) is 12.8 Å². The van der Waals surface area contributed by atoms with Crippen LogP contribution in [-0.2, 0) is 14.6 Å². The van der Waals surface area contributed by atoms with Gasteiger partial charge in [-0.05, 0) is 48.9 Å². The standard InChI is InChI=1S/C18H24FN3O3S.ClH/c1-26(24,25)9-6-16(20)18(23)22-7-4-12(5-8-22)15-11-21-17-10-13(19)2-3-14(15)17;/h2-3,10-12,16,21H,4-9,20H2,1H3;1H. The van der Waals surface area contributed by atoms with Crippen molar-refractivity contribution in [1.29, 1.82) is 0 Å². The maximum atomic E-state index is 13.3. The summed E-state index contributed by atoms with van der Waals surface area (Å²) in [7, 11) is -3.13. The third-order valence-corrected chi connectivity index (χ3v) is 6.02. The summed E-state index contributed by atoms with van der Waals surface area (Å²) in [6.07, 6.45) is 4.81. The Balaban J connectivity index is 0.00000261. The Morgan fingerprint density at radius 1 is 1.37 bits per heavy atom. The lowest BCUT2D eigenvalue weighted by Crippen LogP contribution is -2.47. The molecular formula is C18H25ClFN3O3S. The molecule has 27 heavy (non-hydrogen) atoms. The molecule has 1 fully saturated rings. The quantitative estimate of drug-likeness (QED) is 0.779. The second-order valence-electron chi connectivity index (χ2n) is 7.06. The third-order valence-electron chi connectivity index (χ3n) is 5.04. The number of sulfone groups is 1. The number of amides is 1. The largest absolute Gasteiger partial charge is 0.361 e. The summed E-state index contributed by atoms with van der Waals surface area (Å²) in [6.45, 7) is 1.17. The minimum Gasteiger partial charge on any atom is -0.361 e. The molecule has 0 aliphatic carbocycles. The first-order valence-electron chi connectivity index (χ1n) is 8.73. The number of nitrogens with one attached hydrogen (secondary N) is 1. The number of carbonyl (C=O) groups excluding carboxylic acids is 1. The van der Waals surface area contributed by atoms with Crippen molar-refractivity contribution in [2.24, 2.45) is 5.73 Å². The van der Waals surface area contributed by atoms with Gasteiger partial charge in [0.1, 0.15) is 15.7 Å². The van der Waals surface area contributed by atoms with Gasteiger partial charge in [-0.3, -0.25) is 4.79 Å². The van der Waals surface area contributed by atoms with E-state index in [1.54, 1.807) is 11.0 Å². The smallest absolute Gasteiger partial charge is 0.239 e. The lowest BCUT2D eigenvalue weighted by molar-refractivity contribution is -0.133. The van der Waals surface area contributed by atoms with Gasteiger partial charge in [-0.15, -0.1) is 12.4 Å². The molecule has 1 aliphatic heterocycles. The van der Waals surface area contributed by atoms with Crippen LogP contribution in [0.3, 0.4) is 0 Å². The fourth-order valence-electron chi connectivity index (χ4n) is 3.57. The van der Waals surface area contributed by atoms with E-state index in [0.717, 1.165) is 35.6 Å². The highest BCUT2D eigenvalue weighted by atomic mass is 35.5. The van der Waals surface area contributed by atoms with Gasteiger partial charge in [0.2, 0.25) is 5.91 Å². The van der Waals surface area contributed by atoms with E-state index in [-0.39, 0.29) is 36.3 Å². The first-order chi connectivity index (χ1) is 12.2. The maximum absolute atomic E-state index is 13.3. The van der Waals surface area contributed by atoms with Gasteiger partial charge in [-0.2, -0.15) is 0 Å². The molecule has 0 radical (unpaired) electrons. The minimum atomic E-state index is -3.13. The van der Waals surface area contributed by atoms with Crippen LogP contribution in [0.4, 0.5) is 4.39 Å². The van der Waals surface area contributed by atoms with Crippen LogP contribution in [0, 0.1) is 5.82 Å². The fourth-order valence-corrected chi connectivity index (χ4v) is 4.25. The van der Waals surface area contributed by atoms with Gasteiger partial charge < -0.3 is 15.6 Å². The molecule has 6 nitrogen and oxygen atoms in total. The number of piperidine rings is 1. The van der Waals surface area contributed by atoms with Crippen molar-refractivity contribution in [3.05, 3.63) is 35.8 Å². The Hall–Kier alpha value is -1.64. The molecule has 150 valence electrons. The van der Waals surface area contributed by atoms with Gasteiger partial charge in [0.05, 0.1) is 11.8 Å². The molecule has 1 aliphatic rings. The Labute approximate surface area is 164 Å². The predicted molar refractivity (Wildman–Crippen MR) is 106 cm³/mol. The van der Waals surface area contributed by atoms with E-state index in [2.05, 4.69) is 4.98 Å². The number of fused-ring (bicyclic) bond motifs is 1. The summed E-state index contributed by atoms with van der Waals surface area (Å²) in [4.78, 5) is 17.2. The second kappa shape index (κ2) is 8.58. The van der Waals surface area contributed by atoms with Crippen molar-refractivity contribution in [3.63, 3.8) is 0 Å². The summed E-state index contributed by atoms with van der Waals surface area (Å²) in [5.74, 6) is -0.240. The highest BCUT2D eigenvalue weighted by Crippen LogP contribution is 2.33. The zero-order valence-corrected chi connectivity index (χ0v) is 16.8. The summed E-state index contributed by atoms with van der Waals surface area (Å²) in [5, 5.41) is 1.01. The van der Waals surface area contributed by atoms with Crippen molar-refractivity contribution in [2.75, 3.05) is 25.1 Å². The molecule has 2 heterocycles. The number of halogens is 2. The third kappa shape index (κ3) is 5.21. The van der Waals surface area contributed by atoms with E-state index < -0.39 is 15.9 Å². The molecule has 0 bridgehead atoms. The molecule has 2 aromatic rings. The van der Waals surface area contributed by atoms with E-state index in [1.165, 1.54) is 12.1 Å². The van der Waals surface area contributed by atoms with Crippen molar-refractivity contribution >= 4 is 39.1 Å². The first kappa shape index (κ1) is 21.7. The summed E-state index contributed by atoms with van der Waals surface area (Å²) in [5.41, 5.74) is 7.80. The van der Waals surface area contributed by atoms with Gasteiger partial charge in [0, 0.05) is 36.4 Å². The Kier molecular flexibility index (Phi) is 6.88. The average molecular weight is 418 g/mol. The van der Waals surface area contributed by atoms with Crippen LogP contribution in [0.1, 0.15) is 30.7 Å². The molecule has 1 atom stereocenters. The summed E-state index contributed by atoms with van der Waals surface area (Å²) in [6, 6.07) is 3.95. The number of nitrogens with two attached hydrogens (primary N) is 1. The monoisotopic (exact) mass is 417 g/mol. The SMILES string of the molecule is CS(=O)(=O)CCC(N)C(=O)N1CCC(c2c[nH]c3cc(F)ccc23)CC1.Cl. The number of H-pyrrole nitrogens is 1. The van der Waals surface area contributed by atoms with Gasteiger partial charge >= 0.3 is 0 Å². The highest BCUT2D eigenvalue weighted by molar-refractivity contribution is 7.90. The van der Waals surface area contributed by atoms with Crippen LogP contribution in [0.2, 0.25) is 0 Å². The van der Waals surface area contributed by atoms with Crippen LogP contribution in [0.15, 0.2) is 24.4 Å². The van der Waals surface area contributed by atoms with Crippen molar-refractivity contribution < 1.29 is 17.6 Å². The normalized spacial score (nSPS) is 16.9. The molecule has 0 saturated carbocycles. The number of hydrogen-bond acceptors (Lipinski definition) is 4. The molecule has 1 aromatic heterocycles. The van der Waals surface area contributed by atoms with Crippen LogP contribution in [-0.4, -0.2) is 55.3 Å². The zero-order valence-electron chi connectivity index (χ0n) is 15.2. The van der Waals surface area contributed by atoms with Crippen molar-refractivity contribution in [2.45, 2.75) is 31.2 Å². The fraction of sp³-hybridized carbons (Fsp3) is 0.500. The number of aromatic nitrogens is 1. The van der Waals surface area contributed by atoms with E-state index >= 15 is 0 Å². The minimum absolute atomic E-state index is 0. The van der Waals surface area contributed by atoms with Crippen molar-refractivity contribution in [3.8, 4) is 0 Å². The van der Waals surface area contributed by atoms with Crippen LogP contribution in [0.5, 0.6) is 0 Å². The number of hydrogen-bond donors (Lipinski definition) is 2. The van der Waals surface area contributed by atoms with E-state index in [9.17, 15) is 17.6 Å². The number of likely N-dealkylation sites (tertiary alicyclic amines) is 1. The van der Waals surface area contributed by atoms with Gasteiger partial charge in [0.25, 0.3) is 0 Å². The zero-order chi connectivity index (χ0) is 18.9.